The first kappa shape index (κ1) is 41.5. The highest BCUT2D eigenvalue weighted by Gasteiger charge is 2.79. The first-order valence-electron chi connectivity index (χ1n) is 19.1. The van der Waals surface area contributed by atoms with Gasteiger partial charge in [0.2, 0.25) is 5.78 Å². The average Bonchev–Trinajstić information content (AvgIpc) is 3.07. The van der Waals surface area contributed by atoms with Gasteiger partial charge in [0.05, 0.1) is 30.3 Å². The summed E-state index contributed by atoms with van der Waals surface area (Å²) < 4.78 is 39.6. The SMILES string of the molecule is CC[Si](CC)(CC)O[C@H]1C[C@H]2OC[C@@]2(OC(C)=O)C2[C@H](OC(=O)c3ccccc3)[C@]3(O)CC(O[Si](C)(C)C)C(C)=C(C(=O)[C@@H](OC(C)=O)[C@@]21C)C3(C)C. The van der Waals surface area contributed by atoms with Crippen molar-refractivity contribution in [1.82, 2.24) is 0 Å². The molecule has 9 atom stereocenters. The molecule has 0 aromatic heterocycles. The molecular weight excluding hydrogens is 713 g/mol. The van der Waals surface area contributed by atoms with E-state index in [0.717, 1.165) is 18.1 Å². The van der Waals surface area contributed by atoms with Gasteiger partial charge in [0.25, 0.3) is 0 Å². The van der Waals surface area contributed by atoms with Crippen LogP contribution < -0.4 is 0 Å². The molecule has 3 fully saturated rings. The van der Waals surface area contributed by atoms with Gasteiger partial charge in [-0.2, -0.15) is 0 Å². The number of carbonyl (C=O) groups is 4. The molecule has 1 saturated heterocycles. The van der Waals surface area contributed by atoms with Crippen molar-refractivity contribution >= 4 is 40.3 Å². The van der Waals surface area contributed by atoms with Gasteiger partial charge in [-0.1, -0.05) is 59.7 Å². The van der Waals surface area contributed by atoms with E-state index in [1.807, 2.05) is 33.5 Å². The van der Waals surface area contributed by atoms with E-state index in [9.17, 15) is 19.5 Å². The summed E-state index contributed by atoms with van der Waals surface area (Å²) in [5.41, 5.74) is -5.18. The second-order valence-electron chi connectivity index (χ2n) is 17.4. The van der Waals surface area contributed by atoms with Crippen LogP contribution in [-0.2, 0) is 42.2 Å². The van der Waals surface area contributed by atoms with Gasteiger partial charge in [0.1, 0.15) is 17.8 Å². The van der Waals surface area contributed by atoms with Crippen LogP contribution in [0.5, 0.6) is 0 Å². The highest BCUT2D eigenvalue weighted by molar-refractivity contribution is 6.73. The number of benzene rings is 1. The number of fused-ring (bicyclic) bond motifs is 5. The maximum Gasteiger partial charge on any atom is 0.338 e. The molecule has 0 radical (unpaired) electrons. The maximum absolute atomic E-state index is 15.6. The molecule has 1 aromatic rings. The van der Waals surface area contributed by atoms with Crippen molar-refractivity contribution in [2.75, 3.05) is 6.61 Å². The monoisotopic (exact) mass is 772 g/mol. The van der Waals surface area contributed by atoms with Crippen molar-refractivity contribution in [2.24, 2.45) is 16.7 Å². The second kappa shape index (κ2) is 14.4. The Morgan fingerprint density at radius 1 is 0.925 bits per heavy atom. The lowest BCUT2D eigenvalue weighted by molar-refractivity contribution is -0.356. The summed E-state index contributed by atoms with van der Waals surface area (Å²) in [5, 5.41) is 13.7. The number of ketones is 1. The van der Waals surface area contributed by atoms with E-state index in [4.69, 9.17) is 27.8 Å². The van der Waals surface area contributed by atoms with Crippen LogP contribution in [-0.4, -0.2) is 93.8 Å². The number of hydrogen-bond acceptors (Lipinski definition) is 11. The zero-order chi connectivity index (χ0) is 39.5. The van der Waals surface area contributed by atoms with Gasteiger partial charge in [0, 0.05) is 43.1 Å². The van der Waals surface area contributed by atoms with Crippen LogP contribution in [0.2, 0.25) is 37.8 Å². The van der Waals surface area contributed by atoms with Crippen molar-refractivity contribution in [3.05, 3.63) is 47.0 Å². The molecule has 13 heteroatoms. The fraction of sp³-hybridized carbons (Fsp3) is 0.700. The summed E-state index contributed by atoms with van der Waals surface area (Å²) in [6.45, 7) is 22.0. The largest absolute Gasteiger partial charge is 0.455 e. The first-order chi connectivity index (χ1) is 24.6. The van der Waals surface area contributed by atoms with Gasteiger partial charge in [-0.05, 0) is 62.4 Å². The molecule has 3 aliphatic carbocycles. The molecule has 1 N–H and O–H groups in total. The Morgan fingerprint density at radius 2 is 1.53 bits per heavy atom. The van der Waals surface area contributed by atoms with Crippen molar-refractivity contribution in [2.45, 2.75) is 155 Å². The third-order valence-electron chi connectivity index (χ3n) is 13.0. The van der Waals surface area contributed by atoms with Gasteiger partial charge < -0.3 is 32.9 Å². The van der Waals surface area contributed by atoms with Crippen LogP contribution in [0.25, 0.3) is 0 Å². The minimum Gasteiger partial charge on any atom is -0.455 e. The van der Waals surface area contributed by atoms with E-state index in [2.05, 4.69) is 20.8 Å². The van der Waals surface area contributed by atoms with Crippen LogP contribution in [0, 0.1) is 16.7 Å². The summed E-state index contributed by atoms with van der Waals surface area (Å²) in [6.07, 6.45) is -4.93. The van der Waals surface area contributed by atoms with E-state index in [1.165, 1.54) is 13.8 Å². The number of esters is 3. The molecular formula is C40H60O11Si2. The number of hydrogen-bond donors (Lipinski definition) is 1. The Bertz CT molecular complexity index is 1620. The lowest BCUT2D eigenvalue weighted by Gasteiger charge is -2.69. The standard InChI is InChI=1S/C40H60O11Si2/c1-13-53(14-2,15-3)51-29-21-30-39(23-46-30,49-26(6)42)33-35(48-36(44)27-19-17-16-18-20-27)40(45)22-28(50-52(10,11)12)24(4)31(37(40,7)8)32(43)34(38(29,33)9)47-25(5)41/h16-20,28-30,33-35,45H,13-15,21-23H2,1-12H3/t28?,29-,30+,33?,34+,35-,38+,39-,40+/m0/s1. The topological polar surface area (TPSA) is 144 Å². The smallest absolute Gasteiger partial charge is 0.338 e. The molecule has 4 aliphatic rings. The highest BCUT2D eigenvalue weighted by atomic mass is 28.4. The molecule has 1 aromatic carbocycles. The van der Waals surface area contributed by atoms with Gasteiger partial charge in [0.15, 0.2) is 28.3 Å². The van der Waals surface area contributed by atoms with Crippen molar-refractivity contribution in [3.63, 3.8) is 0 Å². The lowest BCUT2D eigenvalue weighted by atomic mass is 9.44. The number of ether oxygens (including phenoxy) is 4. The minimum absolute atomic E-state index is 0.0187. The number of carbonyl (C=O) groups excluding carboxylic acids is 4. The Kier molecular flexibility index (Phi) is 11.3. The normalized spacial score (nSPS) is 35.2. The predicted octanol–water partition coefficient (Wildman–Crippen LogP) is 6.54. The number of aliphatic hydroxyl groups is 1. The molecule has 2 saturated carbocycles. The quantitative estimate of drug-likeness (QED) is 0.149. The molecule has 11 nitrogen and oxygen atoms in total. The van der Waals surface area contributed by atoms with E-state index in [-0.39, 0.29) is 30.6 Å². The van der Waals surface area contributed by atoms with E-state index in [1.54, 1.807) is 44.2 Å². The van der Waals surface area contributed by atoms with Crippen molar-refractivity contribution in [1.29, 1.82) is 0 Å². The number of rotatable bonds is 11. The van der Waals surface area contributed by atoms with Crippen LogP contribution in [0.3, 0.4) is 0 Å². The number of Topliss-reactive ketones (excluding diaryl/α,β-unsaturated/α-hetero) is 1. The molecule has 0 amide bonds. The summed E-state index contributed by atoms with van der Waals surface area (Å²) in [7, 11) is -4.80. The maximum atomic E-state index is 15.6. The van der Waals surface area contributed by atoms with Gasteiger partial charge in [-0.25, -0.2) is 4.79 Å². The lowest BCUT2D eigenvalue weighted by Crippen LogP contribution is -2.82. The van der Waals surface area contributed by atoms with E-state index in [0.29, 0.717) is 5.57 Å². The second-order valence-corrected chi connectivity index (χ2v) is 26.5. The molecule has 2 bridgehead atoms. The third kappa shape index (κ3) is 6.81. The van der Waals surface area contributed by atoms with Gasteiger partial charge in [-0.15, -0.1) is 0 Å². The zero-order valence-electron chi connectivity index (χ0n) is 33.6. The van der Waals surface area contributed by atoms with Gasteiger partial charge in [-0.3, -0.25) is 14.4 Å². The average molecular weight is 773 g/mol. The molecule has 53 heavy (non-hydrogen) atoms. The first-order valence-corrected chi connectivity index (χ1v) is 25.1. The highest BCUT2D eigenvalue weighted by Crippen LogP contribution is 2.65. The molecule has 294 valence electrons. The molecule has 1 heterocycles. The summed E-state index contributed by atoms with van der Waals surface area (Å²) in [4.78, 5) is 56.4. The summed E-state index contributed by atoms with van der Waals surface area (Å²) in [5.74, 6) is -3.61. The minimum atomic E-state index is -2.48. The van der Waals surface area contributed by atoms with E-state index >= 15 is 4.79 Å². The van der Waals surface area contributed by atoms with Crippen LogP contribution >= 0.6 is 0 Å². The Balaban J connectivity index is 1.92. The summed E-state index contributed by atoms with van der Waals surface area (Å²) >= 11 is 0. The Hall–Kier alpha value is -2.69. The Labute approximate surface area is 316 Å². The van der Waals surface area contributed by atoms with Crippen molar-refractivity contribution < 1.29 is 52.1 Å². The van der Waals surface area contributed by atoms with Crippen molar-refractivity contribution in [3.8, 4) is 0 Å². The third-order valence-corrected chi connectivity index (χ3v) is 18.6. The molecule has 2 unspecified atom stereocenters. The zero-order valence-corrected chi connectivity index (χ0v) is 35.6. The fourth-order valence-corrected chi connectivity index (χ4v) is 14.0. The predicted molar refractivity (Wildman–Crippen MR) is 203 cm³/mol. The fourth-order valence-electron chi connectivity index (χ4n) is 9.97. The van der Waals surface area contributed by atoms with E-state index < -0.39 is 98.8 Å². The molecule has 1 aliphatic heterocycles. The molecule has 5 rings (SSSR count). The van der Waals surface area contributed by atoms with Crippen LogP contribution in [0.1, 0.15) is 85.5 Å². The summed E-state index contributed by atoms with van der Waals surface area (Å²) in [6, 6.07) is 10.8. The van der Waals surface area contributed by atoms with Crippen LogP contribution in [0.4, 0.5) is 0 Å². The molecule has 0 spiro atoms. The van der Waals surface area contributed by atoms with Crippen LogP contribution in [0.15, 0.2) is 41.5 Å². The Morgan fingerprint density at radius 3 is 2.02 bits per heavy atom. The van der Waals surface area contributed by atoms with Gasteiger partial charge >= 0.3 is 17.9 Å².